The second-order valence-electron chi connectivity index (χ2n) is 4.55. The van der Waals surface area contributed by atoms with Gasteiger partial charge < -0.3 is 5.32 Å². The van der Waals surface area contributed by atoms with Crippen LogP contribution in [0.1, 0.15) is 26.3 Å². The van der Waals surface area contributed by atoms with E-state index in [0.29, 0.717) is 12.0 Å². The van der Waals surface area contributed by atoms with E-state index in [0.717, 1.165) is 23.1 Å². The summed E-state index contributed by atoms with van der Waals surface area (Å²) < 4.78 is 0. The van der Waals surface area contributed by atoms with Gasteiger partial charge in [-0.1, -0.05) is 44.5 Å². The van der Waals surface area contributed by atoms with Gasteiger partial charge in [0.1, 0.15) is 0 Å². The van der Waals surface area contributed by atoms with E-state index in [2.05, 4.69) is 38.2 Å². The number of hydrogen-bond acceptors (Lipinski definition) is 2. The molecule has 0 aliphatic rings. The SMILES string of the molecule is CCNC(CSCc1ccc(Cl)cc1)C(C)C. The highest BCUT2D eigenvalue weighted by Crippen LogP contribution is 2.17. The molecule has 1 unspecified atom stereocenters. The molecule has 0 saturated heterocycles. The molecule has 1 aromatic rings. The third kappa shape index (κ3) is 5.80. The summed E-state index contributed by atoms with van der Waals surface area (Å²) in [5.74, 6) is 2.91. The molecule has 0 aromatic heterocycles. The molecule has 1 N–H and O–H groups in total. The Labute approximate surface area is 114 Å². The molecular weight excluding hydrogens is 250 g/mol. The number of rotatable bonds is 7. The molecule has 17 heavy (non-hydrogen) atoms. The van der Waals surface area contributed by atoms with Gasteiger partial charge in [-0.25, -0.2) is 0 Å². The van der Waals surface area contributed by atoms with Crippen LogP contribution in [0.15, 0.2) is 24.3 Å². The molecule has 0 bridgehead atoms. The van der Waals surface area contributed by atoms with Crippen molar-refractivity contribution in [3.05, 3.63) is 34.9 Å². The summed E-state index contributed by atoms with van der Waals surface area (Å²) in [6.45, 7) is 7.76. The van der Waals surface area contributed by atoms with E-state index < -0.39 is 0 Å². The van der Waals surface area contributed by atoms with Crippen LogP contribution < -0.4 is 5.32 Å². The fourth-order valence-electron chi connectivity index (χ4n) is 1.63. The van der Waals surface area contributed by atoms with Crippen LogP contribution in [0.5, 0.6) is 0 Å². The highest BCUT2D eigenvalue weighted by molar-refractivity contribution is 7.98. The molecule has 0 spiro atoms. The zero-order valence-corrected chi connectivity index (χ0v) is 12.4. The van der Waals surface area contributed by atoms with Crippen molar-refractivity contribution in [2.75, 3.05) is 12.3 Å². The van der Waals surface area contributed by atoms with Gasteiger partial charge in [0.25, 0.3) is 0 Å². The van der Waals surface area contributed by atoms with Crippen molar-refractivity contribution in [1.82, 2.24) is 5.32 Å². The first-order valence-corrected chi connectivity index (χ1v) is 7.72. The summed E-state index contributed by atoms with van der Waals surface area (Å²) in [4.78, 5) is 0. The number of benzene rings is 1. The van der Waals surface area contributed by atoms with E-state index in [9.17, 15) is 0 Å². The first-order chi connectivity index (χ1) is 8.13. The zero-order valence-electron chi connectivity index (χ0n) is 10.9. The van der Waals surface area contributed by atoms with Gasteiger partial charge in [-0.2, -0.15) is 11.8 Å². The van der Waals surface area contributed by atoms with Gasteiger partial charge in [0.2, 0.25) is 0 Å². The molecule has 0 heterocycles. The summed E-state index contributed by atoms with van der Waals surface area (Å²) in [5, 5.41) is 4.35. The minimum absolute atomic E-state index is 0.609. The van der Waals surface area contributed by atoms with Crippen molar-refractivity contribution in [2.24, 2.45) is 5.92 Å². The Bertz CT molecular complexity index is 311. The second kappa shape index (κ2) is 8.02. The van der Waals surface area contributed by atoms with Crippen LogP contribution >= 0.6 is 23.4 Å². The van der Waals surface area contributed by atoms with Gasteiger partial charge in [-0.15, -0.1) is 0 Å². The molecule has 0 saturated carbocycles. The highest BCUT2D eigenvalue weighted by atomic mass is 35.5. The maximum absolute atomic E-state index is 5.86. The highest BCUT2D eigenvalue weighted by Gasteiger charge is 2.11. The molecule has 0 radical (unpaired) electrons. The van der Waals surface area contributed by atoms with Gasteiger partial charge in [0.05, 0.1) is 0 Å². The maximum Gasteiger partial charge on any atom is 0.0406 e. The predicted octanol–water partition coefficient (Wildman–Crippen LogP) is 4.21. The Morgan fingerprint density at radius 1 is 1.24 bits per heavy atom. The Hall–Kier alpha value is -0.180. The lowest BCUT2D eigenvalue weighted by Gasteiger charge is -2.21. The summed E-state index contributed by atoms with van der Waals surface area (Å²) in [6.07, 6.45) is 0. The van der Waals surface area contributed by atoms with Crippen molar-refractivity contribution >= 4 is 23.4 Å². The quantitative estimate of drug-likeness (QED) is 0.797. The number of halogens is 1. The Balaban J connectivity index is 2.33. The Kier molecular flexibility index (Phi) is 7.02. The van der Waals surface area contributed by atoms with Crippen LogP contribution in [-0.2, 0) is 5.75 Å². The minimum atomic E-state index is 0.609. The summed E-state index contributed by atoms with van der Waals surface area (Å²) in [5.41, 5.74) is 1.35. The molecule has 1 nitrogen and oxygen atoms in total. The van der Waals surface area contributed by atoms with Crippen LogP contribution in [0, 0.1) is 5.92 Å². The molecule has 1 aromatic carbocycles. The molecule has 96 valence electrons. The lowest BCUT2D eigenvalue weighted by molar-refractivity contribution is 0.443. The third-order valence-corrected chi connectivity index (χ3v) is 4.13. The number of hydrogen-bond donors (Lipinski definition) is 1. The molecule has 0 amide bonds. The van der Waals surface area contributed by atoms with E-state index in [1.807, 2.05) is 23.9 Å². The van der Waals surface area contributed by atoms with Crippen molar-refractivity contribution in [2.45, 2.75) is 32.6 Å². The Morgan fingerprint density at radius 3 is 2.41 bits per heavy atom. The minimum Gasteiger partial charge on any atom is -0.313 e. The topological polar surface area (TPSA) is 12.0 Å². The van der Waals surface area contributed by atoms with Crippen molar-refractivity contribution in [3.8, 4) is 0 Å². The lowest BCUT2D eigenvalue weighted by atomic mass is 10.1. The molecule has 0 aliphatic heterocycles. The zero-order chi connectivity index (χ0) is 12.7. The predicted molar refractivity (Wildman–Crippen MR) is 79.9 cm³/mol. The Morgan fingerprint density at radius 2 is 1.88 bits per heavy atom. The van der Waals surface area contributed by atoms with Crippen LogP contribution in [0.4, 0.5) is 0 Å². The standard InChI is InChI=1S/C14H22ClNS/c1-4-16-14(11(2)3)10-17-9-12-5-7-13(15)8-6-12/h5-8,11,14,16H,4,9-10H2,1-3H3. The van der Waals surface area contributed by atoms with E-state index in [1.54, 1.807) is 0 Å². The summed E-state index contributed by atoms with van der Waals surface area (Å²) in [7, 11) is 0. The lowest BCUT2D eigenvalue weighted by Crippen LogP contribution is -2.35. The van der Waals surface area contributed by atoms with Crippen molar-refractivity contribution in [1.29, 1.82) is 0 Å². The molecule has 0 aliphatic carbocycles. The van der Waals surface area contributed by atoms with Crippen molar-refractivity contribution in [3.63, 3.8) is 0 Å². The largest absolute Gasteiger partial charge is 0.313 e. The van der Waals surface area contributed by atoms with E-state index in [4.69, 9.17) is 11.6 Å². The fourth-order valence-corrected chi connectivity index (χ4v) is 3.06. The smallest absolute Gasteiger partial charge is 0.0406 e. The van der Waals surface area contributed by atoms with E-state index in [1.165, 1.54) is 5.56 Å². The summed E-state index contributed by atoms with van der Waals surface area (Å²) in [6, 6.07) is 8.74. The van der Waals surface area contributed by atoms with Gasteiger partial charge in [-0.3, -0.25) is 0 Å². The first kappa shape index (κ1) is 14.9. The maximum atomic E-state index is 5.86. The third-order valence-electron chi connectivity index (χ3n) is 2.75. The average Bonchev–Trinajstić information content (AvgIpc) is 2.30. The monoisotopic (exact) mass is 271 g/mol. The normalized spacial score (nSPS) is 13.0. The van der Waals surface area contributed by atoms with Crippen LogP contribution in [0.3, 0.4) is 0 Å². The van der Waals surface area contributed by atoms with Gasteiger partial charge in [0, 0.05) is 22.6 Å². The molecule has 1 atom stereocenters. The number of nitrogens with one attached hydrogen (secondary N) is 1. The molecule has 0 fully saturated rings. The van der Waals surface area contributed by atoms with Crippen LogP contribution in [0.25, 0.3) is 0 Å². The summed E-state index contributed by atoms with van der Waals surface area (Å²) >= 11 is 7.85. The second-order valence-corrected chi connectivity index (χ2v) is 6.02. The van der Waals surface area contributed by atoms with Gasteiger partial charge in [-0.05, 0) is 30.2 Å². The molecule has 1 rings (SSSR count). The van der Waals surface area contributed by atoms with E-state index >= 15 is 0 Å². The first-order valence-electron chi connectivity index (χ1n) is 6.19. The van der Waals surface area contributed by atoms with E-state index in [-0.39, 0.29) is 0 Å². The van der Waals surface area contributed by atoms with Gasteiger partial charge in [0.15, 0.2) is 0 Å². The average molecular weight is 272 g/mol. The number of thioether (sulfide) groups is 1. The molecular formula is C14H22ClNS. The van der Waals surface area contributed by atoms with Crippen molar-refractivity contribution < 1.29 is 0 Å². The van der Waals surface area contributed by atoms with Crippen LogP contribution in [-0.4, -0.2) is 18.3 Å². The molecule has 3 heteroatoms. The fraction of sp³-hybridized carbons (Fsp3) is 0.571. The van der Waals surface area contributed by atoms with Crippen LogP contribution in [0.2, 0.25) is 5.02 Å². The van der Waals surface area contributed by atoms with Gasteiger partial charge >= 0.3 is 0 Å².